The lowest BCUT2D eigenvalue weighted by Crippen LogP contribution is -2.47. The summed E-state index contributed by atoms with van der Waals surface area (Å²) in [5.41, 5.74) is 2.58. The van der Waals surface area contributed by atoms with Crippen LogP contribution in [0, 0.1) is 25.6 Å². The predicted octanol–water partition coefficient (Wildman–Crippen LogP) is 3.37. The van der Waals surface area contributed by atoms with Crippen molar-refractivity contribution in [3.8, 4) is 17.4 Å². The number of aryl methyl sites for hydroxylation is 2. The number of carbonyl (C=O) groups excluding carboxylic acids is 1. The van der Waals surface area contributed by atoms with Crippen LogP contribution in [0.15, 0.2) is 42.9 Å². The van der Waals surface area contributed by atoms with E-state index in [1.807, 2.05) is 30.9 Å². The van der Waals surface area contributed by atoms with Crippen LogP contribution < -0.4 is 4.74 Å². The highest BCUT2D eigenvalue weighted by atomic mass is 19.1. The predicted molar refractivity (Wildman–Crippen MR) is 111 cm³/mol. The molecule has 1 aliphatic heterocycles. The summed E-state index contributed by atoms with van der Waals surface area (Å²) < 4.78 is 19.4. The summed E-state index contributed by atoms with van der Waals surface area (Å²) in [5, 5.41) is 0. The molecule has 3 atom stereocenters. The number of ether oxygens (including phenoxy) is 1. The van der Waals surface area contributed by atoms with Crippen molar-refractivity contribution < 1.29 is 13.9 Å². The van der Waals surface area contributed by atoms with Crippen LogP contribution in [0.1, 0.15) is 34.5 Å². The van der Waals surface area contributed by atoms with Gasteiger partial charge in [-0.15, -0.1) is 0 Å². The van der Waals surface area contributed by atoms with E-state index in [-0.39, 0.29) is 23.9 Å². The third kappa shape index (κ3) is 3.73. The zero-order valence-corrected chi connectivity index (χ0v) is 17.3. The first kappa shape index (κ1) is 19.5. The van der Waals surface area contributed by atoms with E-state index in [4.69, 9.17) is 4.74 Å². The van der Waals surface area contributed by atoms with Crippen molar-refractivity contribution in [2.75, 3.05) is 6.54 Å². The molecule has 1 aliphatic carbocycles. The highest BCUT2D eigenvalue weighted by Gasteiger charge is 2.48. The van der Waals surface area contributed by atoms with Gasteiger partial charge in [-0.1, -0.05) is 6.07 Å². The summed E-state index contributed by atoms with van der Waals surface area (Å²) in [6.07, 6.45) is 5.65. The van der Waals surface area contributed by atoms with E-state index in [1.165, 1.54) is 0 Å². The molecule has 2 bridgehead atoms. The Hall–Kier alpha value is -3.42. The maximum Gasteiger partial charge on any atom is 0.256 e. The Kier molecular flexibility index (Phi) is 4.84. The van der Waals surface area contributed by atoms with E-state index in [9.17, 15) is 9.18 Å². The molecule has 0 N–H and O–H groups in total. The SMILES string of the molecule is Cc1ccc(OC2CC3CC2N(C(=O)c2ccc(C)nc2-c2ncc(F)cn2)C3)nc1. The van der Waals surface area contributed by atoms with Gasteiger partial charge in [0.05, 0.1) is 24.0 Å². The Bertz CT molecular complexity index is 1120. The number of hydrogen-bond donors (Lipinski definition) is 0. The molecular formula is C23H22FN5O2. The molecule has 3 aromatic rings. The molecule has 4 heterocycles. The van der Waals surface area contributed by atoms with Crippen LogP contribution >= 0.6 is 0 Å². The number of nitrogens with zero attached hydrogens (tertiary/aromatic N) is 5. The van der Waals surface area contributed by atoms with Crippen LogP contribution in [-0.2, 0) is 0 Å². The van der Waals surface area contributed by atoms with Gasteiger partial charge >= 0.3 is 0 Å². The second kappa shape index (κ2) is 7.68. The number of likely N-dealkylation sites (tertiary alicyclic amines) is 1. The van der Waals surface area contributed by atoms with Crippen molar-refractivity contribution in [3.05, 3.63) is 65.5 Å². The van der Waals surface area contributed by atoms with Gasteiger partial charge in [0.25, 0.3) is 5.91 Å². The van der Waals surface area contributed by atoms with E-state index < -0.39 is 5.82 Å². The van der Waals surface area contributed by atoms with Gasteiger partial charge in [0.15, 0.2) is 11.6 Å². The topological polar surface area (TPSA) is 81.1 Å². The largest absolute Gasteiger partial charge is 0.472 e. The monoisotopic (exact) mass is 419 g/mol. The van der Waals surface area contributed by atoms with Crippen molar-refractivity contribution in [2.24, 2.45) is 5.92 Å². The molecule has 0 aromatic carbocycles. The smallest absolute Gasteiger partial charge is 0.256 e. The molecule has 1 saturated carbocycles. The minimum Gasteiger partial charge on any atom is -0.472 e. The minimum atomic E-state index is -0.536. The summed E-state index contributed by atoms with van der Waals surface area (Å²) in [4.78, 5) is 32.3. The van der Waals surface area contributed by atoms with Gasteiger partial charge in [0.1, 0.15) is 11.8 Å². The van der Waals surface area contributed by atoms with E-state index in [2.05, 4.69) is 19.9 Å². The number of halogens is 1. The van der Waals surface area contributed by atoms with Gasteiger partial charge in [0.2, 0.25) is 5.88 Å². The van der Waals surface area contributed by atoms with Crippen molar-refractivity contribution in [3.63, 3.8) is 0 Å². The standard InChI is InChI=1S/C23H22FN5O2/c1-13-3-6-20(25-9-13)31-19-8-15-7-18(19)29(12-15)23(30)17-5-4-14(2)28-21(17)22-26-10-16(24)11-27-22/h3-6,9-11,15,18-19H,7-8,12H2,1-2H3. The normalized spacial score (nSPS) is 22.0. The van der Waals surface area contributed by atoms with Gasteiger partial charge in [-0.25, -0.2) is 24.3 Å². The molecular weight excluding hydrogens is 397 g/mol. The highest BCUT2D eigenvalue weighted by Crippen LogP contribution is 2.40. The Morgan fingerprint density at radius 3 is 2.58 bits per heavy atom. The quantitative estimate of drug-likeness (QED) is 0.645. The molecule has 158 valence electrons. The second-order valence-corrected chi connectivity index (χ2v) is 8.27. The lowest BCUT2D eigenvalue weighted by molar-refractivity contribution is 0.0467. The second-order valence-electron chi connectivity index (χ2n) is 8.27. The number of aromatic nitrogens is 4. The van der Waals surface area contributed by atoms with Gasteiger partial charge in [-0.05, 0) is 50.3 Å². The van der Waals surface area contributed by atoms with Crippen molar-refractivity contribution in [2.45, 2.75) is 38.8 Å². The molecule has 0 radical (unpaired) electrons. The molecule has 2 fully saturated rings. The first-order valence-electron chi connectivity index (χ1n) is 10.3. The van der Waals surface area contributed by atoms with Crippen LogP contribution in [0.5, 0.6) is 5.88 Å². The van der Waals surface area contributed by atoms with Gasteiger partial charge < -0.3 is 9.64 Å². The summed E-state index contributed by atoms with van der Waals surface area (Å²) in [6.45, 7) is 4.49. The number of pyridine rings is 2. The Morgan fingerprint density at radius 1 is 1.06 bits per heavy atom. The number of piperidine rings is 1. The van der Waals surface area contributed by atoms with E-state index in [0.29, 0.717) is 29.6 Å². The summed E-state index contributed by atoms with van der Waals surface area (Å²) in [5.74, 6) is 0.537. The maximum absolute atomic E-state index is 13.5. The Labute approximate surface area is 179 Å². The Morgan fingerprint density at radius 2 is 1.87 bits per heavy atom. The minimum absolute atomic E-state index is 0.0242. The Balaban J connectivity index is 1.41. The average molecular weight is 419 g/mol. The van der Waals surface area contributed by atoms with Crippen LogP contribution in [0.25, 0.3) is 11.5 Å². The zero-order valence-electron chi connectivity index (χ0n) is 17.3. The van der Waals surface area contributed by atoms with E-state index in [0.717, 1.165) is 36.5 Å². The molecule has 3 aromatic heterocycles. The fourth-order valence-electron chi connectivity index (χ4n) is 4.49. The molecule has 1 saturated heterocycles. The van der Waals surface area contributed by atoms with Crippen molar-refractivity contribution >= 4 is 5.91 Å². The maximum atomic E-state index is 13.5. The van der Waals surface area contributed by atoms with Crippen LogP contribution in [0.4, 0.5) is 4.39 Å². The molecule has 31 heavy (non-hydrogen) atoms. The van der Waals surface area contributed by atoms with Gasteiger partial charge in [-0.2, -0.15) is 0 Å². The molecule has 1 amide bonds. The van der Waals surface area contributed by atoms with Crippen molar-refractivity contribution in [1.29, 1.82) is 0 Å². The fraction of sp³-hybridized carbons (Fsp3) is 0.348. The number of amides is 1. The molecule has 8 heteroatoms. The lowest BCUT2D eigenvalue weighted by Gasteiger charge is -2.33. The average Bonchev–Trinajstić information content (AvgIpc) is 3.36. The van der Waals surface area contributed by atoms with Crippen molar-refractivity contribution in [1.82, 2.24) is 24.8 Å². The first-order valence-corrected chi connectivity index (χ1v) is 10.3. The third-order valence-electron chi connectivity index (χ3n) is 5.94. The van der Waals surface area contributed by atoms with E-state index >= 15 is 0 Å². The third-order valence-corrected chi connectivity index (χ3v) is 5.94. The molecule has 7 nitrogen and oxygen atoms in total. The van der Waals surface area contributed by atoms with Crippen LogP contribution in [0.2, 0.25) is 0 Å². The zero-order chi connectivity index (χ0) is 21.5. The van der Waals surface area contributed by atoms with E-state index in [1.54, 1.807) is 18.3 Å². The molecule has 2 aliphatic rings. The lowest BCUT2D eigenvalue weighted by atomic mass is 10.0. The summed E-state index contributed by atoms with van der Waals surface area (Å²) in [6, 6.07) is 7.34. The summed E-state index contributed by atoms with van der Waals surface area (Å²) in [7, 11) is 0. The molecule has 3 unspecified atom stereocenters. The number of carbonyl (C=O) groups is 1. The van der Waals surface area contributed by atoms with Gasteiger partial charge in [0, 0.05) is 24.5 Å². The number of hydrogen-bond acceptors (Lipinski definition) is 6. The van der Waals surface area contributed by atoms with Crippen LogP contribution in [-0.4, -0.2) is 49.4 Å². The number of fused-ring (bicyclic) bond motifs is 2. The van der Waals surface area contributed by atoms with Gasteiger partial charge in [-0.3, -0.25) is 4.79 Å². The number of rotatable bonds is 4. The summed E-state index contributed by atoms with van der Waals surface area (Å²) >= 11 is 0. The molecule has 0 spiro atoms. The molecule has 5 rings (SSSR count). The first-order chi connectivity index (χ1) is 15.0. The fourth-order valence-corrected chi connectivity index (χ4v) is 4.49. The highest BCUT2D eigenvalue weighted by molar-refractivity contribution is 5.99. The van der Waals surface area contributed by atoms with Crippen LogP contribution in [0.3, 0.4) is 0 Å².